The van der Waals surface area contributed by atoms with E-state index in [0.29, 0.717) is 19.8 Å². The zero-order valence-corrected chi connectivity index (χ0v) is 10.4. The zero-order chi connectivity index (χ0) is 11.5. The third-order valence-electron chi connectivity index (χ3n) is 1.86. The molecule has 4 nitrogen and oxygen atoms in total. The number of methoxy groups -OCH3 is 1. The largest absolute Gasteiger partial charge is 0.382 e. The molecule has 0 aliphatic heterocycles. The Labute approximate surface area is 93.3 Å². The van der Waals surface area contributed by atoms with Gasteiger partial charge in [-0.1, -0.05) is 6.92 Å². The Morgan fingerprint density at radius 1 is 1.13 bits per heavy atom. The summed E-state index contributed by atoms with van der Waals surface area (Å²) in [6.45, 7) is 9.77. The lowest BCUT2D eigenvalue weighted by molar-refractivity contribution is -0.0371. The maximum Gasteiger partial charge on any atom is 0.0933 e. The Hall–Kier alpha value is -0.160. The van der Waals surface area contributed by atoms with Crippen molar-refractivity contribution in [3.63, 3.8) is 0 Å². The summed E-state index contributed by atoms with van der Waals surface area (Å²) in [4.78, 5) is 0. The number of hydrogen-bond acceptors (Lipinski definition) is 4. The summed E-state index contributed by atoms with van der Waals surface area (Å²) in [5.74, 6) is 0. The topological polar surface area (TPSA) is 39.7 Å². The van der Waals surface area contributed by atoms with Gasteiger partial charge in [-0.2, -0.15) is 0 Å². The van der Waals surface area contributed by atoms with Gasteiger partial charge >= 0.3 is 0 Å². The molecule has 0 aliphatic rings. The molecule has 0 bridgehead atoms. The fraction of sp³-hybridized carbons (Fsp3) is 1.00. The third-order valence-corrected chi connectivity index (χ3v) is 1.86. The van der Waals surface area contributed by atoms with Crippen molar-refractivity contribution in [2.24, 2.45) is 0 Å². The summed E-state index contributed by atoms with van der Waals surface area (Å²) in [6.07, 6.45) is 0.383. The highest BCUT2D eigenvalue weighted by molar-refractivity contribution is 4.59. The number of nitrogens with one attached hydrogen (secondary N) is 1. The summed E-state index contributed by atoms with van der Waals surface area (Å²) in [5.41, 5.74) is 0. The van der Waals surface area contributed by atoms with Gasteiger partial charge in [0.15, 0.2) is 0 Å². The van der Waals surface area contributed by atoms with Crippen molar-refractivity contribution in [1.82, 2.24) is 5.32 Å². The van der Waals surface area contributed by atoms with Gasteiger partial charge in [-0.15, -0.1) is 0 Å². The van der Waals surface area contributed by atoms with Gasteiger partial charge in [0.1, 0.15) is 0 Å². The van der Waals surface area contributed by atoms with Crippen LogP contribution in [0.1, 0.15) is 20.8 Å². The molecule has 1 N–H and O–H groups in total. The van der Waals surface area contributed by atoms with Crippen LogP contribution >= 0.6 is 0 Å². The molecule has 0 amide bonds. The predicted octanol–water partition coefficient (Wildman–Crippen LogP) is 1.05. The van der Waals surface area contributed by atoms with E-state index in [9.17, 15) is 0 Å². The Balaban J connectivity index is 3.47. The molecule has 15 heavy (non-hydrogen) atoms. The van der Waals surface area contributed by atoms with E-state index in [1.165, 1.54) is 0 Å². The van der Waals surface area contributed by atoms with Gasteiger partial charge < -0.3 is 19.5 Å². The Morgan fingerprint density at radius 3 is 2.33 bits per heavy atom. The molecule has 0 radical (unpaired) electrons. The lowest BCUT2D eigenvalue weighted by Gasteiger charge is -2.17. The van der Waals surface area contributed by atoms with Crippen molar-refractivity contribution in [1.29, 1.82) is 0 Å². The molecular weight excluding hydrogens is 194 g/mol. The van der Waals surface area contributed by atoms with Gasteiger partial charge in [0.2, 0.25) is 0 Å². The molecule has 0 aromatic carbocycles. The van der Waals surface area contributed by atoms with E-state index in [1.54, 1.807) is 7.11 Å². The summed E-state index contributed by atoms with van der Waals surface area (Å²) >= 11 is 0. The smallest absolute Gasteiger partial charge is 0.0933 e. The molecule has 0 fully saturated rings. The van der Waals surface area contributed by atoms with Crippen LogP contribution in [0.25, 0.3) is 0 Å². The van der Waals surface area contributed by atoms with Gasteiger partial charge in [0.25, 0.3) is 0 Å². The molecule has 92 valence electrons. The monoisotopic (exact) mass is 219 g/mol. The SMILES string of the molecule is CCNCC(COC)OCCOC(C)C. The fourth-order valence-electron chi connectivity index (χ4n) is 1.16. The van der Waals surface area contributed by atoms with Crippen molar-refractivity contribution < 1.29 is 14.2 Å². The van der Waals surface area contributed by atoms with E-state index in [4.69, 9.17) is 14.2 Å². The lowest BCUT2D eigenvalue weighted by atomic mass is 10.3. The maximum atomic E-state index is 5.62. The molecule has 0 saturated heterocycles. The van der Waals surface area contributed by atoms with Crippen LogP contribution in [0.4, 0.5) is 0 Å². The van der Waals surface area contributed by atoms with Crippen LogP contribution in [0.5, 0.6) is 0 Å². The Morgan fingerprint density at radius 2 is 1.80 bits per heavy atom. The Bertz CT molecular complexity index is 131. The molecule has 0 saturated carbocycles. The second kappa shape index (κ2) is 10.4. The molecule has 4 heteroatoms. The molecule has 0 spiro atoms. The van der Waals surface area contributed by atoms with Crippen molar-refractivity contribution in [3.05, 3.63) is 0 Å². The summed E-state index contributed by atoms with van der Waals surface area (Å²) < 4.78 is 16.1. The maximum absolute atomic E-state index is 5.62. The van der Waals surface area contributed by atoms with Crippen molar-refractivity contribution in [2.75, 3.05) is 40.0 Å². The van der Waals surface area contributed by atoms with Gasteiger partial charge in [0, 0.05) is 13.7 Å². The molecule has 0 heterocycles. The average molecular weight is 219 g/mol. The fourth-order valence-corrected chi connectivity index (χ4v) is 1.16. The van der Waals surface area contributed by atoms with E-state index >= 15 is 0 Å². The molecule has 0 rings (SSSR count). The first-order valence-corrected chi connectivity index (χ1v) is 5.63. The van der Waals surface area contributed by atoms with Crippen LogP contribution in [0.3, 0.4) is 0 Å². The first-order valence-electron chi connectivity index (χ1n) is 5.63. The highest BCUT2D eigenvalue weighted by Gasteiger charge is 2.07. The summed E-state index contributed by atoms with van der Waals surface area (Å²) in [5, 5.41) is 3.24. The molecule has 1 atom stereocenters. The summed E-state index contributed by atoms with van der Waals surface area (Å²) in [7, 11) is 1.69. The van der Waals surface area contributed by atoms with E-state index in [1.807, 2.05) is 13.8 Å². The van der Waals surface area contributed by atoms with Crippen molar-refractivity contribution in [3.8, 4) is 0 Å². The van der Waals surface area contributed by atoms with Gasteiger partial charge in [-0.3, -0.25) is 0 Å². The van der Waals surface area contributed by atoms with Crippen LogP contribution in [0, 0.1) is 0 Å². The van der Waals surface area contributed by atoms with Gasteiger partial charge in [-0.05, 0) is 20.4 Å². The third kappa shape index (κ3) is 10.1. The first kappa shape index (κ1) is 14.8. The average Bonchev–Trinajstić information content (AvgIpc) is 2.20. The van der Waals surface area contributed by atoms with E-state index in [-0.39, 0.29) is 12.2 Å². The second-order valence-electron chi connectivity index (χ2n) is 3.68. The number of hydrogen-bond donors (Lipinski definition) is 1. The van der Waals surface area contributed by atoms with Crippen LogP contribution < -0.4 is 5.32 Å². The Kier molecular flexibility index (Phi) is 10.3. The van der Waals surface area contributed by atoms with Gasteiger partial charge in [0.05, 0.1) is 32.0 Å². The van der Waals surface area contributed by atoms with Crippen LogP contribution in [-0.4, -0.2) is 52.2 Å². The lowest BCUT2D eigenvalue weighted by Crippen LogP contribution is -2.33. The minimum Gasteiger partial charge on any atom is -0.382 e. The molecule has 0 aromatic rings. The number of likely N-dealkylation sites (N-methyl/N-ethyl adjacent to an activating group) is 1. The van der Waals surface area contributed by atoms with Crippen LogP contribution in [0.15, 0.2) is 0 Å². The summed E-state index contributed by atoms with van der Waals surface area (Å²) in [6, 6.07) is 0. The standard InChI is InChI=1S/C11H25NO3/c1-5-12-8-11(9-13-4)15-7-6-14-10(2)3/h10-12H,5-9H2,1-4H3. The van der Waals surface area contributed by atoms with Crippen LogP contribution in [-0.2, 0) is 14.2 Å². The van der Waals surface area contributed by atoms with Gasteiger partial charge in [-0.25, -0.2) is 0 Å². The minimum atomic E-state index is 0.116. The first-order chi connectivity index (χ1) is 7.20. The second-order valence-corrected chi connectivity index (χ2v) is 3.68. The highest BCUT2D eigenvalue weighted by Crippen LogP contribution is 1.94. The van der Waals surface area contributed by atoms with E-state index in [0.717, 1.165) is 13.1 Å². The highest BCUT2D eigenvalue weighted by atomic mass is 16.5. The number of rotatable bonds is 10. The van der Waals surface area contributed by atoms with E-state index < -0.39 is 0 Å². The van der Waals surface area contributed by atoms with Crippen LogP contribution in [0.2, 0.25) is 0 Å². The van der Waals surface area contributed by atoms with E-state index in [2.05, 4.69) is 12.2 Å². The minimum absolute atomic E-state index is 0.116. The molecular formula is C11H25NO3. The molecule has 0 aromatic heterocycles. The zero-order valence-electron chi connectivity index (χ0n) is 10.4. The normalized spacial score (nSPS) is 13.4. The molecule has 1 unspecified atom stereocenters. The van der Waals surface area contributed by atoms with Crippen molar-refractivity contribution in [2.45, 2.75) is 33.0 Å². The predicted molar refractivity (Wildman–Crippen MR) is 61.2 cm³/mol. The molecule has 0 aliphatic carbocycles. The number of ether oxygens (including phenoxy) is 3. The van der Waals surface area contributed by atoms with Crippen molar-refractivity contribution >= 4 is 0 Å². The quantitative estimate of drug-likeness (QED) is 0.558.